The number of benzene rings is 3. The van der Waals surface area contributed by atoms with Crippen molar-refractivity contribution in [2.75, 3.05) is 18.8 Å². The fraction of sp³-hybridized carbons (Fsp3) is 0.0870. The van der Waals surface area contributed by atoms with E-state index in [1.54, 1.807) is 18.2 Å². The van der Waals surface area contributed by atoms with Crippen molar-refractivity contribution in [2.24, 2.45) is 0 Å². The Balaban J connectivity index is 1.59. The first-order valence-corrected chi connectivity index (χ1v) is 10.2. The van der Waals surface area contributed by atoms with Gasteiger partial charge in [0.25, 0.3) is 17.5 Å². The fourth-order valence-corrected chi connectivity index (χ4v) is 3.12. The van der Waals surface area contributed by atoms with Crippen LogP contribution in [0.1, 0.15) is 36.6 Å². The SMILES string of the molecule is Nc1cc(C(=O)c2ccccc2C(=O)NCCNC(=O)c2ccc([N+](=O)[O-])cc2)ccc1Cl. The first-order chi connectivity index (χ1) is 15.8. The van der Waals surface area contributed by atoms with Gasteiger partial charge in [0.2, 0.25) is 0 Å². The topological polar surface area (TPSA) is 144 Å². The molecular formula is C23H19ClN4O5. The molecule has 0 aliphatic rings. The lowest BCUT2D eigenvalue weighted by atomic mass is 9.97. The maximum absolute atomic E-state index is 12.9. The molecule has 3 aromatic carbocycles. The Hall–Kier alpha value is -4.24. The van der Waals surface area contributed by atoms with Gasteiger partial charge in [0.15, 0.2) is 5.78 Å². The van der Waals surface area contributed by atoms with Crippen LogP contribution >= 0.6 is 11.6 Å². The molecule has 0 atom stereocenters. The predicted molar refractivity (Wildman–Crippen MR) is 124 cm³/mol. The molecule has 10 heteroatoms. The number of nitro benzene ring substituents is 1. The Morgan fingerprint density at radius 3 is 2.03 bits per heavy atom. The molecule has 0 saturated carbocycles. The zero-order chi connectivity index (χ0) is 24.0. The second-order valence-corrected chi connectivity index (χ2v) is 7.33. The van der Waals surface area contributed by atoms with Crippen molar-refractivity contribution in [1.82, 2.24) is 10.6 Å². The van der Waals surface area contributed by atoms with Crippen molar-refractivity contribution in [3.63, 3.8) is 0 Å². The predicted octanol–water partition coefficient (Wildman–Crippen LogP) is 3.22. The minimum Gasteiger partial charge on any atom is -0.398 e. The molecule has 0 saturated heterocycles. The van der Waals surface area contributed by atoms with E-state index in [9.17, 15) is 24.5 Å². The average molecular weight is 467 g/mol. The first kappa shape index (κ1) is 23.4. The Morgan fingerprint density at radius 2 is 1.42 bits per heavy atom. The molecule has 2 amide bonds. The summed E-state index contributed by atoms with van der Waals surface area (Å²) in [6.45, 7) is 0.222. The van der Waals surface area contributed by atoms with E-state index in [1.807, 2.05) is 0 Å². The van der Waals surface area contributed by atoms with E-state index in [1.165, 1.54) is 48.5 Å². The lowest BCUT2D eigenvalue weighted by Crippen LogP contribution is -2.35. The van der Waals surface area contributed by atoms with Crippen LogP contribution in [0.5, 0.6) is 0 Å². The van der Waals surface area contributed by atoms with E-state index in [0.29, 0.717) is 10.6 Å². The highest BCUT2D eigenvalue weighted by Crippen LogP contribution is 2.22. The second kappa shape index (κ2) is 10.4. The molecule has 3 aromatic rings. The summed E-state index contributed by atoms with van der Waals surface area (Å²) < 4.78 is 0. The van der Waals surface area contributed by atoms with Crippen molar-refractivity contribution < 1.29 is 19.3 Å². The van der Waals surface area contributed by atoms with Crippen molar-refractivity contribution in [3.8, 4) is 0 Å². The number of nitrogen functional groups attached to an aromatic ring is 1. The Labute approximate surface area is 193 Å². The van der Waals surface area contributed by atoms with Crippen molar-refractivity contribution in [1.29, 1.82) is 0 Å². The zero-order valence-electron chi connectivity index (χ0n) is 17.2. The van der Waals surface area contributed by atoms with E-state index < -0.39 is 16.7 Å². The van der Waals surface area contributed by atoms with Gasteiger partial charge in [-0.25, -0.2) is 0 Å². The minimum atomic E-state index is -0.554. The molecule has 0 unspecified atom stereocenters. The molecule has 168 valence electrons. The molecule has 0 bridgehead atoms. The Kier molecular flexibility index (Phi) is 7.37. The third-order valence-electron chi connectivity index (χ3n) is 4.71. The second-order valence-electron chi connectivity index (χ2n) is 6.93. The maximum atomic E-state index is 12.9. The van der Waals surface area contributed by atoms with Crippen LogP contribution in [0, 0.1) is 10.1 Å². The van der Waals surface area contributed by atoms with E-state index in [4.69, 9.17) is 17.3 Å². The molecule has 0 aliphatic heterocycles. The van der Waals surface area contributed by atoms with Crippen molar-refractivity contribution >= 4 is 40.6 Å². The van der Waals surface area contributed by atoms with Gasteiger partial charge in [-0.2, -0.15) is 0 Å². The van der Waals surface area contributed by atoms with E-state index in [-0.39, 0.29) is 46.9 Å². The molecule has 9 nitrogen and oxygen atoms in total. The number of nitrogens with one attached hydrogen (secondary N) is 2. The Bertz CT molecular complexity index is 1230. The number of nitrogens with two attached hydrogens (primary N) is 1. The summed E-state index contributed by atoms with van der Waals surface area (Å²) in [4.78, 5) is 47.8. The normalized spacial score (nSPS) is 10.3. The summed E-state index contributed by atoms with van der Waals surface area (Å²) in [6, 6.07) is 16.0. The third-order valence-corrected chi connectivity index (χ3v) is 5.06. The molecule has 0 aliphatic carbocycles. The number of rotatable bonds is 8. The molecule has 0 spiro atoms. The van der Waals surface area contributed by atoms with Crippen LogP contribution in [0.15, 0.2) is 66.7 Å². The van der Waals surface area contributed by atoms with Gasteiger partial charge in [0, 0.05) is 41.9 Å². The van der Waals surface area contributed by atoms with Gasteiger partial charge in [-0.1, -0.05) is 29.8 Å². The number of halogens is 1. The summed E-state index contributed by atoms with van der Waals surface area (Å²) in [5, 5.41) is 16.3. The molecule has 0 fully saturated rings. The van der Waals surface area contributed by atoms with E-state index in [2.05, 4.69) is 10.6 Å². The number of carbonyl (C=O) groups is 3. The number of nitrogens with zero attached hydrogens (tertiary/aromatic N) is 1. The number of anilines is 1. The fourth-order valence-electron chi connectivity index (χ4n) is 3.00. The highest BCUT2D eigenvalue weighted by atomic mass is 35.5. The maximum Gasteiger partial charge on any atom is 0.269 e. The van der Waals surface area contributed by atoms with Crippen LogP contribution in [0.3, 0.4) is 0 Å². The van der Waals surface area contributed by atoms with Gasteiger partial charge >= 0.3 is 0 Å². The minimum absolute atomic E-state index is 0.105. The summed E-state index contributed by atoms with van der Waals surface area (Å²) in [5.41, 5.74) is 6.85. The third kappa shape index (κ3) is 5.72. The molecule has 33 heavy (non-hydrogen) atoms. The molecule has 0 heterocycles. The number of carbonyl (C=O) groups excluding carboxylic acids is 3. The summed E-state index contributed by atoms with van der Waals surface area (Å²) in [7, 11) is 0. The van der Waals surface area contributed by atoms with Crippen molar-refractivity contribution in [2.45, 2.75) is 0 Å². The van der Waals surface area contributed by atoms with E-state index in [0.717, 1.165) is 0 Å². The van der Waals surface area contributed by atoms with Crippen LogP contribution in [0.25, 0.3) is 0 Å². The quantitative estimate of drug-likeness (QED) is 0.153. The monoisotopic (exact) mass is 466 g/mol. The number of nitro groups is 1. The molecular weight excluding hydrogens is 448 g/mol. The molecule has 0 aromatic heterocycles. The van der Waals surface area contributed by atoms with Crippen LogP contribution in [-0.2, 0) is 0 Å². The van der Waals surface area contributed by atoms with Gasteiger partial charge in [0.1, 0.15) is 0 Å². The standard InChI is InChI=1S/C23H19ClN4O5/c24-19-10-7-15(13-20(19)25)21(29)17-3-1-2-4-18(17)23(31)27-12-11-26-22(30)14-5-8-16(9-6-14)28(32)33/h1-10,13H,11-12,25H2,(H,26,30)(H,27,31). The lowest BCUT2D eigenvalue weighted by Gasteiger charge is -2.11. The van der Waals surface area contributed by atoms with Gasteiger partial charge in [-0.3, -0.25) is 24.5 Å². The number of non-ortho nitro benzene ring substituents is 1. The van der Waals surface area contributed by atoms with Gasteiger partial charge < -0.3 is 16.4 Å². The summed E-state index contributed by atoms with van der Waals surface area (Å²) >= 11 is 5.91. The van der Waals surface area contributed by atoms with Gasteiger partial charge in [0.05, 0.1) is 21.2 Å². The molecule has 3 rings (SSSR count). The number of hydrogen-bond donors (Lipinski definition) is 3. The molecule has 0 radical (unpaired) electrons. The van der Waals surface area contributed by atoms with E-state index >= 15 is 0 Å². The smallest absolute Gasteiger partial charge is 0.269 e. The van der Waals surface area contributed by atoms with Crippen LogP contribution in [0.2, 0.25) is 5.02 Å². The highest BCUT2D eigenvalue weighted by molar-refractivity contribution is 6.33. The highest BCUT2D eigenvalue weighted by Gasteiger charge is 2.18. The summed E-state index contributed by atoms with van der Waals surface area (Å²) in [6.07, 6.45) is 0. The summed E-state index contributed by atoms with van der Waals surface area (Å²) in [5.74, 6) is -1.30. The largest absolute Gasteiger partial charge is 0.398 e. The average Bonchev–Trinajstić information content (AvgIpc) is 2.82. The van der Waals surface area contributed by atoms with Gasteiger partial charge in [-0.15, -0.1) is 0 Å². The van der Waals surface area contributed by atoms with Crippen LogP contribution in [0.4, 0.5) is 11.4 Å². The zero-order valence-corrected chi connectivity index (χ0v) is 18.0. The lowest BCUT2D eigenvalue weighted by molar-refractivity contribution is -0.384. The number of ketones is 1. The Morgan fingerprint density at radius 1 is 0.848 bits per heavy atom. The van der Waals surface area contributed by atoms with Gasteiger partial charge in [-0.05, 0) is 36.4 Å². The number of amides is 2. The molecule has 4 N–H and O–H groups in total. The first-order valence-electron chi connectivity index (χ1n) is 9.77. The number of hydrogen-bond acceptors (Lipinski definition) is 6. The van der Waals surface area contributed by atoms with Crippen LogP contribution in [-0.4, -0.2) is 35.6 Å². The van der Waals surface area contributed by atoms with Crippen LogP contribution < -0.4 is 16.4 Å². The van der Waals surface area contributed by atoms with Crippen molar-refractivity contribution in [3.05, 3.63) is 104 Å².